The minimum absolute atomic E-state index is 0.0379. The van der Waals surface area contributed by atoms with Gasteiger partial charge in [0.05, 0.1) is 36.0 Å². The van der Waals surface area contributed by atoms with E-state index in [0.717, 1.165) is 23.3 Å². The van der Waals surface area contributed by atoms with Crippen LogP contribution in [0.3, 0.4) is 0 Å². The van der Waals surface area contributed by atoms with E-state index in [2.05, 4.69) is 5.43 Å². The maximum atomic E-state index is 15.0. The lowest BCUT2D eigenvalue weighted by atomic mass is 9.49. The molecule has 2 aliphatic heterocycles. The van der Waals surface area contributed by atoms with E-state index in [-0.39, 0.29) is 18.6 Å². The molecule has 5 amide bonds. The molecule has 1 saturated carbocycles. The van der Waals surface area contributed by atoms with Crippen LogP contribution in [0.15, 0.2) is 90.5 Å². The fourth-order valence-electron chi connectivity index (χ4n) is 8.06. The minimum Gasteiger partial charge on any atom is -0.508 e. The van der Waals surface area contributed by atoms with E-state index >= 15 is 0 Å². The van der Waals surface area contributed by atoms with E-state index in [9.17, 15) is 29.1 Å². The number of hydrazine groups is 1. The van der Waals surface area contributed by atoms with E-state index in [1.54, 1.807) is 24.3 Å². The highest BCUT2D eigenvalue weighted by Gasteiger charge is 2.70. The van der Waals surface area contributed by atoms with Crippen molar-refractivity contribution >= 4 is 35.4 Å². The number of fused-ring (bicyclic) bond motifs is 4. The first-order valence-corrected chi connectivity index (χ1v) is 14.9. The maximum Gasteiger partial charge on any atom is 0.423 e. The summed E-state index contributed by atoms with van der Waals surface area (Å²) in [7, 11) is 1.11. The van der Waals surface area contributed by atoms with Gasteiger partial charge in [0.2, 0.25) is 11.8 Å². The molecular weight excluding hydrogens is 574 g/mol. The molecule has 3 fully saturated rings. The number of allylic oxidation sites excluding steroid dienone is 2. The highest BCUT2D eigenvalue weighted by molar-refractivity contribution is 6.16. The molecule has 10 nitrogen and oxygen atoms in total. The fraction of sp³-hybridized carbons (Fsp3) is 0.286. The molecule has 3 aromatic carbocycles. The standard InChI is InChI=1S/C35H31N3O7/c1-19-8-12-22(13-9-19)36-38-31(41)27-18-26-24(16-17-25-28(26)32(42)37(30(25)40)34(44)45-2)29(20-10-14-23(39)15-11-20)35(27,33(38)43)21-6-4-3-5-7-21/h3-16,25-29,36,39H,17-18H2,1-2H3. The van der Waals surface area contributed by atoms with Gasteiger partial charge in [-0.3, -0.25) is 24.6 Å². The van der Waals surface area contributed by atoms with Crippen LogP contribution in [0.1, 0.15) is 35.4 Å². The zero-order valence-electron chi connectivity index (χ0n) is 24.7. The topological polar surface area (TPSA) is 133 Å². The molecule has 2 saturated heterocycles. The van der Waals surface area contributed by atoms with Gasteiger partial charge in [0.15, 0.2) is 0 Å². The fourth-order valence-corrected chi connectivity index (χ4v) is 8.06. The van der Waals surface area contributed by atoms with Crippen LogP contribution in [0.2, 0.25) is 0 Å². The number of carbonyl (C=O) groups is 5. The molecule has 0 aromatic heterocycles. The summed E-state index contributed by atoms with van der Waals surface area (Å²) in [5, 5.41) is 11.3. The zero-order chi connectivity index (χ0) is 31.6. The molecule has 3 aromatic rings. The molecule has 7 rings (SSSR count). The van der Waals surface area contributed by atoms with Gasteiger partial charge in [0.25, 0.3) is 11.8 Å². The smallest absolute Gasteiger partial charge is 0.423 e. The van der Waals surface area contributed by atoms with Crippen molar-refractivity contribution in [3.63, 3.8) is 0 Å². The van der Waals surface area contributed by atoms with E-state index in [1.165, 1.54) is 12.1 Å². The quantitative estimate of drug-likeness (QED) is 0.329. The van der Waals surface area contributed by atoms with Crippen molar-refractivity contribution < 1.29 is 33.8 Å². The van der Waals surface area contributed by atoms with Gasteiger partial charge in [-0.05, 0) is 61.1 Å². The number of nitrogens with one attached hydrogen (secondary N) is 1. The summed E-state index contributed by atoms with van der Waals surface area (Å²) >= 11 is 0. The number of amides is 5. The van der Waals surface area contributed by atoms with Crippen molar-refractivity contribution in [3.8, 4) is 5.75 Å². The van der Waals surface area contributed by atoms with Crippen LogP contribution in [-0.2, 0) is 29.3 Å². The average molecular weight is 606 g/mol. The highest BCUT2D eigenvalue weighted by Crippen LogP contribution is 2.64. The molecule has 2 heterocycles. The number of phenolic OH excluding ortho intramolecular Hbond substituents is 1. The SMILES string of the molecule is COC(=O)N1C(=O)C2CC=C3C(CC4C(=O)N(Nc5ccc(C)cc5)C(=O)C4(c4ccccc4)C3c3ccc(O)cc3)C2C1=O. The lowest BCUT2D eigenvalue weighted by molar-refractivity contribution is -0.140. The van der Waals surface area contributed by atoms with Gasteiger partial charge in [-0.1, -0.05) is 71.8 Å². The summed E-state index contributed by atoms with van der Waals surface area (Å²) in [6, 6.07) is 23.0. The van der Waals surface area contributed by atoms with E-state index in [0.29, 0.717) is 21.7 Å². The van der Waals surface area contributed by atoms with Gasteiger partial charge in [0, 0.05) is 5.92 Å². The summed E-state index contributed by atoms with van der Waals surface area (Å²) in [6.45, 7) is 1.94. The van der Waals surface area contributed by atoms with Gasteiger partial charge in [-0.15, -0.1) is 0 Å². The maximum absolute atomic E-state index is 15.0. The van der Waals surface area contributed by atoms with Crippen molar-refractivity contribution in [3.05, 3.63) is 107 Å². The third-order valence-corrected chi connectivity index (χ3v) is 9.98. The first kappa shape index (κ1) is 28.5. The second-order valence-electron chi connectivity index (χ2n) is 12.2. The molecule has 0 radical (unpaired) electrons. The molecule has 228 valence electrons. The predicted octanol–water partition coefficient (Wildman–Crippen LogP) is 4.45. The Morgan fingerprint density at radius 1 is 0.889 bits per heavy atom. The zero-order valence-corrected chi connectivity index (χ0v) is 24.7. The van der Waals surface area contributed by atoms with Gasteiger partial charge in [-0.25, -0.2) is 4.79 Å². The molecule has 2 N–H and O–H groups in total. The number of imide groups is 4. The number of nitrogens with zero attached hydrogens (tertiary/aromatic N) is 2. The second kappa shape index (κ2) is 10.4. The van der Waals surface area contributed by atoms with Crippen LogP contribution in [0.25, 0.3) is 0 Å². The van der Waals surface area contributed by atoms with Crippen molar-refractivity contribution in [2.24, 2.45) is 23.7 Å². The first-order valence-electron chi connectivity index (χ1n) is 14.9. The highest BCUT2D eigenvalue weighted by atomic mass is 16.5. The molecular formula is C35H31N3O7. The van der Waals surface area contributed by atoms with Crippen molar-refractivity contribution in [1.82, 2.24) is 9.91 Å². The monoisotopic (exact) mass is 605 g/mol. The molecule has 45 heavy (non-hydrogen) atoms. The van der Waals surface area contributed by atoms with Gasteiger partial charge in [-0.2, -0.15) is 9.91 Å². The predicted molar refractivity (Wildman–Crippen MR) is 161 cm³/mol. The summed E-state index contributed by atoms with van der Waals surface area (Å²) in [4.78, 5) is 69.7. The number of rotatable bonds is 4. The van der Waals surface area contributed by atoms with Crippen LogP contribution in [0, 0.1) is 30.6 Å². The Balaban J connectivity index is 1.43. The number of anilines is 1. The lowest BCUT2D eigenvalue weighted by Crippen LogP contribution is -2.53. The summed E-state index contributed by atoms with van der Waals surface area (Å²) in [6.07, 6.45) is 1.17. The number of carbonyl (C=O) groups excluding carboxylic acids is 5. The van der Waals surface area contributed by atoms with Crippen molar-refractivity contribution in [2.75, 3.05) is 12.5 Å². The van der Waals surface area contributed by atoms with Gasteiger partial charge < -0.3 is 9.84 Å². The third kappa shape index (κ3) is 4.04. The Bertz CT molecular complexity index is 1770. The Kier molecular flexibility index (Phi) is 6.61. The van der Waals surface area contributed by atoms with E-state index in [1.807, 2.05) is 55.5 Å². The number of phenols is 1. The molecule has 6 atom stereocenters. The number of hydrogen-bond donors (Lipinski definition) is 2. The van der Waals surface area contributed by atoms with Gasteiger partial charge >= 0.3 is 6.09 Å². The number of benzene rings is 3. The number of methoxy groups -OCH3 is 1. The van der Waals surface area contributed by atoms with Gasteiger partial charge in [0.1, 0.15) is 5.75 Å². The van der Waals surface area contributed by atoms with Crippen LogP contribution in [0.4, 0.5) is 10.5 Å². The lowest BCUT2D eigenvalue weighted by Gasteiger charge is -2.50. The largest absolute Gasteiger partial charge is 0.508 e. The number of likely N-dealkylation sites (tertiary alicyclic amines) is 1. The average Bonchev–Trinajstić information content (AvgIpc) is 3.43. The van der Waals surface area contributed by atoms with Crippen molar-refractivity contribution in [1.29, 1.82) is 0 Å². The van der Waals surface area contributed by atoms with Crippen LogP contribution >= 0.6 is 0 Å². The van der Waals surface area contributed by atoms with E-state index in [4.69, 9.17) is 4.74 Å². The summed E-state index contributed by atoms with van der Waals surface area (Å²) in [5.41, 5.74) is 5.31. The van der Waals surface area contributed by atoms with Crippen LogP contribution in [-0.4, -0.2) is 51.8 Å². The molecule has 2 aliphatic carbocycles. The molecule has 0 spiro atoms. The molecule has 10 heteroatoms. The summed E-state index contributed by atoms with van der Waals surface area (Å²) < 4.78 is 4.76. The summed E-state index contributed by atoms with van der Waals surface area (Å²) in [5.74, 6) is -6.05. The second-order valence-corrected chi connectivity index (χ2v) is 12.2. The molecule has 0 bridgehead atoms. The number of aryl methyl sites for hydroxylation is 1. The van der Waals surface area contributed by atoms with Crippen molar-refractivity contribution in [2.45, 2.75) is 31.1 Å². The van der Waals surface area contributed by atoms with Crippen LogP contribution < -0.4 is 5.43 Å². The number of ether oxygens (including phenoxy) is 1. The Hall–Kier alpha value is -5.25. The normalized spacial score (nSPS) is 28.8. The van der Waals surface area contributed by atoms with E-state index < -0.39 is 64.7 Å². The number of hydrogen-bond acceptors (Lipinski definition) is 8. The van der Waals surface area contributed by atoms with Crippen LogP contribution in [0.5, 0.6) is 5.75 Å². The Labute approximate surface area is 259 Å². The number of aromatic hydroxyl groups is 1. The Morgan fingerprint density at radius 2 is 1.58 bits per heavy atom. The minimum atomic E-state index is -1.41. The molecule has 6 unspecified atom stereocenters. The molecule has 4 aliphatic rings. The Morgan fingerprint density at radius 3 is 2.24 bits per heavy atom. The third-order valence-electron chi connectivity index (χ3n) is 9.98. The first-order chi connectivity index (χ1) is 21.7.